The number of carbonyl (C=O) groups is 1. The molecule has 1 aromatic heterocycles. The monoisotopic (exact) mass is 418 g/mol. The van der Waals surface area contributed by atoms with Gasteiger partial charge in [-0.05, 0) is 11.1 Å². The normalized spacial score (nSPS) is 15.1. The van der Waals surface area contributed by atoms with E-state index in [1.54, 1.807) is 13.1 Å². The molecular weight excluding hydrogens is 392 g/mol. The number of morpholine rings is 1. The SMILES string of the molecule is CNC(=O)c1c(-c2ccccc2)noc1/C=C(/N)c1ccc(CN2CCOCC2)cc1. The molecule has 2 heterocycles. The van der Waals surface area contributed by atoms with Crippen LogP contribution in [0.1, 0.15) is 27.2 Å². The van der Waals surface area contributed by atoms with E-state index in [1.807, 2.05) is 42.5 Å². The first-order valence-electron chi connectivity index (χ1n) is 10.3. The van der Waals surface area contributed by atoms with Crippen molar-refractivity contribution < 1.29 is 14.1 Å². The molecule has 0 aliphatic carbocycles. The van der Waals surface area contributed by atoms with Crippen molar-refractivity contribution in [3.63, 3.8) is 0 Å². The van der Waals surface area contributed by atoms with E-state index in [0.29, 0.717) is 22.7 Å². The lowest BCUT2D eigenvalue weighted by molar-refractivity contribution is 0.0342. The van der Waals surface area contributed by atoms with Crippen molar-refractivity contribution >= 4 is 17.7 Å². The van der Waals surface area contributed by atoms with E-state index < -0.39 is 0 Å². The molecule has 0 unspecified atom stereocenters. The summed E-state index contributed by atoms with van der Waals surface area (Å²) < 4.78 is 10.9. The van der Waals surface area contributed by atoms with Gasteiger partial charge in [-0.15, -0.1) is 0 Å². The van der Waals surface area contributed by atoms with Gasteiger partial charge in [0.25, 0.3) is 5.91 Å². The molecule has 31 heavy (non-hydrogen) atoms. The summed E-state index contributed by atoms with van der Waals surface area (Å²) >= 11 is 0. The average molecular weight is 418 g/mol. The van der Waals surface area contributed by atoms with Gasteiger partial charge in [-0.25, -0.2) is 0 Å². The van der Waals surface area contributed by atoms with Gasteiger partial charge in [-0.3, -0.25) is 9.69 Å². The molecule has 1 saturated heterocycles. The molecule has 2 aromatic carbocycles. The molecule has 1 amide bonds. The molecule has 1 aliphatic heterocycles. The molecular formula is C24H26N4O3. The Labute approximate surface area is 181 Å². The van der Waals surface area contributed by atoms with Crippen LogP contribution in [0.2, 0.25) is 0 Å². The van der Waals surface area contributed by atoms with Gasteiger partial charge in [-0.2, -0.15) is 0 Å². The van der Waals surface area contributed by atoms with Crippen LogP contribution in [-0.2, 0) is 11.3 Å². The summed E-state index contributed by atoms with van der Waals surface area (Å²) in [6.45, 7) is 4.34. The van der Waals surface area contributed by atoms with Crippen molar-refractivity contribution in [1.29, 1.82) is 0 Å². The summed E-state index contributed by atoms with van der Waals surface area (Å²) in [5.74, 6) is 0.0492. The summed E-state index contributed by atoms with van der Waals surface area (Å²) in [4.78, 5) is 14.9. The summed E-state index contributed by atoms with van der Waals surface area (Å²) in [7, 11) is 1.58. The summed E-state index contributed by atoms with van der Waals surface area (Å²) in [5, 5.41) is 6.78. The maximum absolute atomic E-state index is 12.5. The number of nitrogens with two attached hydrogens (primary N) is 1. The number of aromatic nitrogens is 1. The van der Waals surface area contributed by atoms with Crippen molar-refractivity contribution in [3.8, 4) is 11.3 Å². The van der Waals surface area contributed by atoms with Crippen LogP contribution in [0.25, 0.3) is 23.0 Å². The van der Waals surface area contributed by atoms with Gasteiger partial charge in [0.05, 0.1) is 13.2 Å². The molecule has 7 heteroatoms. The second-order valence-corrected chi connectivity index (χ2v) is 7.40. The zero-order valence-corrected chi connectivity index (χ0v) is 17.5. The van der Waals surface area contributed by atoms with Gasteiger partial charge in [0, 0.05) is 44.0 Å². The molecule has 7 nitrogen and oxygen atoms in total. The zero-order chi connectivity index (χ0) is 21.6. The molecule has 0 radical (unpaired) electrons. The zero-order valence-electron chi connectivity index (χ0n) is 17.5. The Morgan fingerprint density at radius 3 is 2.52 bits per heavy atom. The van der Waals surface area contributed by atoms with E-state index in [9.17, 15) is 4.79 Å². The standard InChI is InChI=1S/C24H26N4O3/c1-26-24(29)22-21(31-27-23(22)19-5-3-2-4-6-19)15-20(25)18-9-7-17(8-10-18)16-28-11-13-30-14-12-28/h2-10,15H,11-14,16,25H2,1H3,(H,26,29)/b20-15+. The van der Waals surface area contributed by atoms with Crippen molar-refractivity contribution in [3.05, 3.63) is 77.0 Å². The quantitative estimate of drug-likeness (QED) is 0.639. The van der Waals surface area contributed by atoms with Gasteiger partial charge in [0.15, 0.2) is 5.76 Å². The molecule has 3 aromatic rings. The fourth-order valence-corrected chi connectivity index (χ4v) is 3.58. The summed E-state index contributed by atoms with van der Waals surface area (Å²) in [5.41, 5.74) is 10.6. The van der Waals surface area contributed by atoms with E-state index >= 15 is 0 Å². The van der Waals surface area contributed by atoms with Crippen molar-refractivity contribution in [2.75, 3.05) is 33.4 Å². The maximum atomic E-state index is 12.5. The number of benzene rings is 2. The van der Waals surface area contributed by atoms with Crippen molar-refractivity contribution in [2.45, 2.75) is 6.54 Å². The number of hydrogen-bond acceptors (Lipinski definition) is 6. The first-order valence-corrected chi connectivity index (χ1v) is 10.3. The highest BCUT2D eigenvalue weighted by Crippen LogP contribution is 2.27. The van der Waals surface area contributed by atoms with Crippen LogP contribution in [-0.4, -0.2) is 49.3 Å². The molecule has 1 fully saturated rings. The van der Waals surface area contributed by atoms with Crippen LogP contribution in [0.5, 0.6) is 0 Å². The Morgan fingerprint density at radius 2 is 1.84 bits per heavy atom. The number of carbonyl (C=O) groups excluding carboxylic acids is 1. The molecule has 160 valence electrons. The van der Waals surface area contributed by atoms with Gasteiger partial charge < -0.3 is 20.3 Å². The van der Waals surface area contributed by atoms with E-state index in [4.69, 9.17) is 15.0 Å². The van der Waals surface area contributed by atoms with E-state index in [2.05, 4.69) is 27.5 Å². The highest BCUT2D eigenvalue weighted by Gasteiger charge is 2.22. The first-order chi connectivity index (χ1) is 15.2. The minimum atomic E-state index is -0.278. The topological polar surface area (TPSA) is 93.6 Å². The van der Waals surface area contributed by atoms with Crippen LogP contribution in [0, 0.1) is 0 Å². The fraction of sp³-hybridized carbons (Fsp3) is 0.250. The van der Waals surface area contributed by atoms with Crippen LogP contribution in [0.3, 0.4) is 0 Å². The highest BCUT2D eigenvalue weighted by atomic mass is 16.5. The average Bonchev–Trinajstić information content (AvgIpc) is 3.23. The second kappa shape index (κ2) is 9.59. The predicted molar refractivity (Wildman–Crippen MR) is 120 cm³/mol. The van der Waals surface area contributed by atoms with Crippen LogP contribution >= 0.6 is 0 Å². The molecule has 4 rings (SSSR count). The van der Waals surface area contributed by atoms with Gasteiger partial charge in [0.1, 0.15) is 11.3 Å². The van der Waals surface area contributed by atoms with Crippen molar-refractivity contribution in [1.82, 2.24) is 15.4 Å². The van der Waals surface area contributed by atoms with E-state index in [-0.39, 0.29) is 5.91 Å². The van der Waals surface area contributed by atoms with Gasteiger partial charge in [0.2, 0.25) is 0 Å². The molecule has 0 saturated carbocycles. The lowest BCUT2D eigenvalue weighted by Gasteiger charge is -2.26. The van der Waals surface area contributed by atoms with Crippen LogP contribution in [0.4, 0.5) is 0 Å². The van der Waals surface area contributed by atoms with E-state index in [1.165, 1.54) is 5.56 Å². The molecule has 1 aliphatic rings. The molecule has 0 spiro atoms. The minimum Gasteiger partial charge on any atom is -0.398 e. The number of hydrogen-bond donors (Lipinski definition) is 2. The minimum absolute atomic E-state index is 0.278. The summed E-state index contributed by atoms with van der Waals surface area (Å²) in [6, 6.07) is 17.6. The third kappa shape index (κ3) is 4.84. The third-order valence-electron chi connectivity index (χ3n) is 5.30. The number of nitrogens with one attached hydrogen (secondary N) is 1. The predicted octanol–water partition coefficient (Wildman–Crippen LogP) is 2.99. The van der Waals surface area contributed by atoms with E-state index in [0.717, 1.165) is 44.0 Å². The number of nitrogens with zero attached hydrogens (tertiary/aromatic N) is 2. The van der Waals surface area contributed by atoms with Crippen LogP contribution in [0.15, 0.2) is 59.1 Å². The lowest BCUT2D eigenvalue weighted by Crippen LogP contribution is -2.35. The number of ether oxygens (including phenoxy) is 1. The van der Waals surface area contributed by atoms with Gasteiger partial charge >= 0.3 is 0 Å². The third-order valence-corrected chi connectivity index (χ3v) is 5.30. The highest BCUT2D eigenvalue weighted by molar-refractivity contribution is 6.03. The molecule has 0 bridgehead atoms. The van der Waals surface area contributed by atoms with Crippen LogP contribution < -0.4 is 11.1 Å². The second-order valence-electron chi connectivity index (χ2n) is 7.40. The molecule has 3 N–H and O–H groups in total. The largest absolute Gasteiger partial charge is 0.398 e. The Morgan fingerprint density at radius 1 is 1.13 bits per heavy atom. The van der Waals surface area contributed by atoms with Crippen molar-refractivity contribution in [2.24, 2.45) is 5.73 Å². The molecule has 0 atom stereocenters. The summed E-state index contributed by atoms with van der Waals surface area (Å²) in [6.07, 6.45) is 1.65. The van der Waals surface area contributed by atoms with Gasteiger partial charge in [-0.1, -0.05) is 59.8 Å². The Kier molecular flexibility index (Phi) is 6.45. The number of amides is 1. The Hall–Kier alpha value is -3.42. The Balaban J connectivity index is 1.58. The number of rotatable bonds is 6. The Bertz CT molecular complexity index is 1050. The maximum Gasteiger partial charge on any atom is 0.257 e. The fourth-order valence-electron chi connectivity index (χ4n) is 3.58. The lowest BCUT2D eigenvalue weighted by atomic mass is 10.0. The smallest absolute Gasteiger partial charge is 0.257 e. The first kappa shape index (κ1) is 20.8.